The predicted molar refractivity (Wildman–Crippen MR) is 108 cm³/mol. The minimum atomic E-state index is -4.10. The Hall–Kier alpha value is -1.35. The summed E-state index contributed by atoms with van der Waals surface area (Å²) in [6.45, 7) is 2.74. The molecule has 0 aliphatic heterocycles. The van der Waals surface area contributed by atoms with Gasteiger partial charge in [-0.25, -0.2) is 0 Å². The van der Waals surface area contributed by atoms with Crippen molar-refractivity contribution >= 4 is 10.3 Å². The van der Waals surface area contributed by atoms with Gasteiger partial charge in [-0.05, 0) is 85.0 Å². The first kappa shape index (κ1) is 20.9. The SMILES string of the molecule is COCOC1CC[C@H]2[C@@H]3CCc4cc(OS(N)(=O)=O)c(OC)cc4[C@H]3CC[C@]12C. The highest BCUT2D eigenvalue weighted by Crippen LogP contribution is 2.62. The lowest BCUT2D eigenvalue weighted by atomic mass is 9.55. The van der Waals surface area contributed by atoms with Crippen LogP contribution < -0.4 is 14.1 Å². The number of ether oxygens (including phenoxy) is 3. The van der Waals surface area contributed by atoms with Gasteiger partial charge in [0, 0.05) is 7.11 Å². The fraction of sp³-hybridized carbons (Fsp3) is 0.714. The van der Waals surface area contributed by atoms with Crippen LogP contribution in [0.15, 0.2) is 12.1 Å². The third kappa shape index (κ3) is 3.76. The fourth-order valence-corrected chi connectivity index (χ4v) is 6.68. The van der Waals surface area contributed by atoms with E-state index in [-0.39, 0.29) is 17.3 Å². The van der Waals surface area contributed by atoms with E-state index in [2.05, 4.69) is 6.92 Å². The van der Waals surface area contributed by atoms with Crippen LogP contribution in [0.5, 0.6) is 11.5 Å². The molecule has 4 rings (SSSR count). The van der Waals surface area contributed by atoms with Gasteiger partial charge in [-0.1, -0.05) is 6.92 Å². The molecular weight excluding hydrogens is 394 g/mol. The van der Waals surface area contributed by atoms with Gasteiger partial charge in [0.05, 0.1) is 13.2 Å². The number of aryl methyl sites for hydroxylation is 1. The number of nitrogens with two attached hydrogens (primary N) is 1. The molecule has 162 valence electrons. The minimum Gasteiger partial charge on any atom is -0.493 e. The van der Waals surface area contributed by atoms with E-state index in [1.807, 2.05) is 6.07 Å². The van der Waals surface area contributed by atoms with Gasteiger partial charge in [-0.3, -0.25) is 0 Å². The summed E-state index contributed by atoms with van der Waals surface area (Å²) in [4.78, 5) is 0. The van der Waals surface area contributed by atoms with Crippen molar-refractivity contribution in [1.82, 2.24) is 0 Å². The molecule has 5 atom stereocenters. The first-order valence-electron chi connectivity index (χ1n) is 10.3. The molecule has 0 spiro atoms. The zero-order valence-corrected chi connectivity index (χ0v) is 18.2. The van der Waals surface area contributed by atoms with E-state index in [1.54, 1.807) is 13.2 Å². The van der Waals surface area contributed by atoms with E-state index in [4.69, 9.17) is 23.5 Å². The van der Waals surface area contributed by atoms with Crippen molar-refractivity contribution in [2.75, 3.05) is 21.0 Å². The molecule has 2 fully saturated rings. The number of methoxy groups -OCH3 is 2. The molecule has 0 amide bonds. The first-order chi connectivity index (χ1) is 13.8. The van der Waals surface area contributed by atoms with Gasteiger partial charge in [0.2, 0.25) is 0 Å². The molecule has 0 radical (unpaired) electrons. The Morgan fingerprint density at radius 2 is 1.93 bits per heavy atom. The minimum absolute atomic E-state index is 0.168. The second kappa shape index (κ2) is 7.72. The highest BCUT2D eigenvalue weighted by molar-refractivity contribution is 7.84. The quantitative estimate of drug-likeness (QED) is 0.704. The van der Waals surface area contributed by atoms with E-state index in [1.165, 1.54) is 19.1 Å². The average Bonchev–Trinajstić information content (AvgIpc) is 3.00. The molecule has 2 N–H and O–H groups in total. The van der Waals surface area contributed by atoms with Gasteiger partial charge in [0.1, 0.15) is 6.79 Å². The van der Waals surface area contributed by atoms with Gasteiger partial charge in [0.15, 0.2) is 11.5 Å². The van der Waals surface area contributed by atoms with Crippen molar-refractivity contribution in [3.63, 3.8) is 0 Å². The van der Waals surface area contributed by atoms with E-state index in [0.29, 0.717) is 30.3 Å². The van der Waals surface area contributed by atoms with Crippen LogP contribution in [0.1, 0.15) is 56.1 Å². The van der Waals surface area contributed by atoms with Crippen molar-refractivity contribution in [3.05, 3.63) is 23.3 Å². The van der Waals surface area contributed by atoms with Crippen LogP contribution in [0.25, 0.3) is 0 Å². The lowest BCUT2D eigenvalue weighted by Crippen LogP contribution is -2.44. The maximum absolute atomic E-state index is 11.4. The molecular formula is C21H31NO6S. The molecule has 2 saturated carbocycles. The average molecular weight is 426 g/mol. The van der Waals surface area contributed by atoms with Gasteiger partial charge < -0.3 is 18.4 Å². The highest BCUT2D eigenvalue weighted by Gasteiger charge is 2.55. The molecule has 7 nitrogen and oxygen atoms in total. The third-order valence-corrected chi connectivity index (χ3v) is 7.93. The number of hydrogen-bond donors (Lipinski definition) is 1. The van der Waals surface area contributed by atoms with E-state index >= 15 is 0 Å². The molecule has 8 heteroatoms. The molecule has 1 aromatic rings. The van der Waals surface area contributed by atoms with Crippen molar-refractivity contribution < 1.29 is 26.8 Å². The topological polar surface area (TPSA) is 97.1 Å². The zero-order valence-electron chi connectivity index (χ0n) is 17.3. The normalized spacial score (nSPS) is 33.5. The molecule has 3 aliphatic rings. The molecule has 1 aromatic carbocycles. The summed E-state index contributed by atoms with van der Waals surface area (Å²) in [7, 11) is -0.907. The second-order valence-corrected chi connectivity index (χ2v) is 10.0. The molecule has 3 aliphatic carbocycles. The highest BCUT2D eigenvalue weighted by atomic mass is 32.2. The van der Waals surface area contributed by atoms with Gasteiger partial charge in [-0.2, -0.15) is 13.6 Å². The predicted octanol–water partition coefficient (Wildman–Crippen LogP) is 3.12. The van der Waals surface area contributed by atoms with E-state index in [9.17, 15) is 8.42 Å². The van der Waals surface area contributed by atoms with Crippen molar-refractivity contribution in [2.45, 2.75) is 57.5 Å². The van der Waals surface area contributed by atoms with Crippen molar-refractivity contribution in [1.29, 1.82) is 0 Å². The van der Waals surface area contributed by atoms with Crippen LogP contribution in [0.2, 0.25) is 0 Å². The van der Waals surface area contributed by atoms with Crippen LogP contribution >= 0.6 is 0 Å². The van der Waals surface area contributed by atoms with Crippen LogP contribution in [0.3, 0.4) is 0 Å². The summed E-state index contributed by atoms with van der Waals surface area (Å²) in [5.74, 6) is 2.27. The van der Waals surface area contributed by atoms with E-state index < -0.39 is 10.3 Å². The molecule has 0 bridgehead atoms. The van der Waals surface area contributed by atoms with Crippen molar-refractivity contribution in [3.8, 4) is 11.5 Å². The lowest BCUT2D eigenvalue weighted by molar-refractivity contribution is -0.125. The summed E-state index contributed by atoms with van der Waals surface area (Å²) in [6, 6.07) is 3.75. The lowest BCUT2D eigenvalue weighted by Gasteiger charge is -2.50. The van der Waals surface area contributed by atoms with Crippen LogP contribution in [-0.4, -0.2) is 35.5 Å². The van der Waals surface area contributed by atoms with Gasteiger partial charge >= 0.3 is 10.3 Å². The Morgan fingerprint density at radius 3 is 2.62 bits per heavy atom. The summed E-state index contributed by atoms with van der Waals surface area (Å²) >= 11 is 0. The van der Waals surface area contributed by atoms with Crippen LogP contribution in [0.4, 0.5) is 0 Å². The third-order valence-electron chi connectivity index (χ3n) is 7.52. The van der Waals surface area contributed by atoms with Crippen LogP contribution in [0, 0.1) is 17.3 Å². The maximum Gasteiger partial charge on any atom is 0.380 e. The Morgan fingerprint density at radius 1 is 1.14 bits per heavy atom. The Labute approximate surface area is 173 Å². The summed E-state index contributed by atoms with van der Waals surface area (Å²) < 4.78 is 44.4. The number of hydrogen-bond acceptors (Lipinski definition) is 6. The monoisotopic (exact) mass is 425 g/mol. The van der Waals surface area contributed by atoms with Gasteiger partial charge in [0.25, 0.3) is 0 Å². The number of benzene rings is 1. The summed E-state index contributed by atoms with van der Waals surface area (Å²) in [5.41, 5.74) is 2.60. The molecule has 0 aromatic heterocycles. The Bertz CT molecular complexity index is 872. The Balaban J connectivity index is 1.62. The molecule has 0 heterocycles. The molecule has 0 saturated heterocycles. The largest absolute Gasteiger partial charge is 0.493 e. The van der Waals surface area contributed by atoms with Gasteiger partial charge in [-0.15, -0.1) is 0 Å². The zero-order chi connectivity index (χ0) is 20.8. The standard InChI is InChI=1S/C21H31NO6S/c1-21-9-8-14-15(17(21)6-7-20(21)27-12-25-2)5-4-13-10-19(28-29(22,23)24)18(26-3)11-16(13)14/h10-11,14-15,17,20H,4-9,12H2,1-3H3,(H2,22,23,24)/t14-,15+,17-,20?,21-/m0/s1. The Kier molecular flexibility index (Phi) is 5.57. The number of rotatable bonds is 6. The molecule has 29 heavy (non-hydrogen) atoms. The van der Waals surface area contributed by atoms with Crippen LogP contribution in [-0.2, 0) is 26.2 Å². The smallest absolute Gasteiger partial charge is 0.380 e. The van der Waals surface area contributed by atoms with E-state index in [0.717, 1.165) is 37.7 Å². The maximum atomic E-state index is 11.4. The molecule has 1 unspecified atom stereocenters. The number of fused-ring (bicyclic) bond motifs is 5. The first-order valence-corrected chi connectivity index (χ1v) is 11.8. The second-order valence-electron chi connectivity index (χ2n) is 8.88. The van der Waals surface area contributed by atoms with Crippen molar-refractivity contribution in [2.24, 2.45) is 22.4 Å². The summed E-state index contributed by atoms with van der Waals surface area (Å²) in [6.07, 6.45) is 6.74. The summed E-state index contributed by atoms with van der Waals surface area (Å²) in [5, 5.41) is 5.07. The fourth-order valence-electron chi connectivity index (χ4n) is 6.30.